The molecule has 2 aliphatic rings. The van der Waals surface area contributed by atoms with E-state index in [1.807, 2.05) is 24.0 Å². The van der Waals surface area contributed by atoms with Gasteiger partial charge in [0.15, 0.2) is 0 Å². The molecule has 1 aromatic heterocycles. The predicted molar refractivity (Wildman–Crippen MR) is 128 cm³/mol. The number of imide groups is 1. The molecule has 0 spiro atoms. The van der Waals surface area contributed by atoms with Crippen LogP contribution in [0.1, 0.15) is 62.8 Å². The van der Waals surface area contributed by atoms with E-state index in [0.717, 1.165) is 57.7 Å². The fourth-order valence-corrected chi connectivity index (χ4v) is 4.40. The minimum atomic E-state index is -0.309. The molecule has 0 saturated carbocycles. The van der Waals surface area contributed by atoms with Crippen molar-refractivity contribution < 1.29 is 19.1 Å². The number of rotatable bonds is 10. The third-order valence-corrected chi connectivity index (χ3v) is 6.37. The van der Waals surface area contributed by atoms with E-state index in [-0.39, 0.29) is 17.7 Å². The zero-order chi connectivity index (χ0) is 23.9. The van der Waals surface area contributed by atoms with Gasteiger partial charge in [-0.3, -0.25) is 29.2 Å². The Balaban J connectivity index is 1.50. The van der Waals surface area contributed by atoms with Gasteiger partial charge in [-0.05, 0) is 48.7 Å². The van der Waals surface area contributed by atoms with E-state index in [1.54, 1.807) is 30.6 Å². The number of unbranched alkanes of at least 4 members (excludes halogenated alkanes) is 1. The van der Waals surface area contributed by atoms with Gasteiger partial charge < -0.3 is 9.64 Å². The van der Waals surface area contributed by atoms with E-state index in [4.69, 9.17) is 4.74 Å². The van der Waals surface area contributed by atoms with Crippen LogP contribution in [0.4, 0.5) is 0 Å². The lowest BCUT2D eigenvalue weighted by molar-refractivity contribution is 0.0355. The molecule has 1 fully saturated rings. The summed E-state index contributed by atoms with van der Waals surface area (Å²) in [5.41, 5.74) is 2.13. The number of ether oxygens (including phenoxy) is 1. The van der Waals surface area contributed by atoms with E-state index in [9.17, 15) is 14.4 Å². The maximum Gasteiger partial charge on any atom is 0.261 e. The van der Waals surface area contributed by atoms with Crippen LogP contribution in [-0.4, -0.2) is 83.3 Å². The number of morpholine rings is 1. The monoisotopic (exact) mass is 464 g/mol. The second-order valence-corrected chi connectivity index (χ2v) is 8.77. The Bertz CT molecular complexity index is 1020. The Hall–Kier alpha value is -3.10. The molecule has 0 atom stereocenters. The van der Waals surface area contributed by atoms with Crippen molar-refractivity contribution in [2.75, 3.05) is 45.9 Å². The fraction of sp³-hybridized carbons (Fsp3) is 0.462. The minimum absolute atomic E-state index is 0.145. The molecule has 3 amide bonds. The highest BCUT2D eigenvalue weighted by molar-refractivity contribution is 6.22. The Labute approximate surface area is 200 Å². The Kier molecular flexibility index (Phi) is 8.03. The molecule has 2 aliphatic heterocycles. The van der Waals surface area contributed by atoms with Crippen molar-refractivity contribution in [1.29, 1.82) is 0 Å². The Morgan fingerprint density at radius 2 is 1.74 bits per heavy atom. The molecule has 2 aromatic rings. The standard InChI is InChI=1S/C26H32N4O4/c1-2-3-13-30-25(32)22-6-5-21(18-23(22)26(30)33)24(31)29(19-20-7-9-27-10-8-20)12-4-11-28-14-16-34-17-15-28/h5-10,18H,2-4,11-17,19H2,1H3. The number of pyridine rings is 1. The first kappa shape index (κ1) is 24.0. The molecule has 0 bridgehead atoms. The predicted octanol–water partition coefficient (Wildman–Crippen LogP) is 2.84. The molecule has 0 unspecified atom stereocenters. The van der Waals surface area contributed by atoms with Crippen LogP contribution in [0.3, 0.4) is 0 Å². The van der Waals surface area contributed by atoms with Crippen LogP contribution in [0.2, 0.25) is 0 Å². The van der Waals surface area contributed by atoms with Crippen LogP contribution in [0.25, 0.3) is 0 Å². The SMILES string of the molecule is CCCCN1C(=O)c2ccc(C(=O)N(CCCN3CCOCC3)Cc3ccncc3)cc2C1=O. The Morgan fingerprint density at radius 3 is 2.47 bits per heavy atom. The number of benzene rings is 1. The molecule has 8 heteroatoms. The highest BCUT2D eigenvalue weighted by Gasteiger charge is 2.35. The van der Waals surface area contributed by atoms with Gasteiger partial charge in [0.2, 0.25) is 0 Å². The molecule has 180 valence electrons. The van der Waals surface area contributed by atoms with Gasteiger partial charge in [-0.25, -0.2) is 0 Å². The van der Waals surface area contributed by atoms with Crippen LogP contribution >= 0.6 is 0 Å². The molecular formula is C26H32N4O4. The molecular weight excluding hydrogens is 432 g/mol. The first-order valence-corrected chi connectivity index (χ1v) is 12.1. The summed E-state index contributed by atoms with van der Waals surface area (Å²) in [6.07, 6.45) is 5.93. The van der Waals surface area contributed by atoms with Gasteiger partial charge in [-0.15, -0.1) is 0 Å². The summed E-state index contributed by atoms with van der Waals surface area (Å²) in [5, 5.41) is 0. The summed E-state index contributed by atoms with van der Waals surface area (Å²) in [5.74, 6) is -0.725. The average Bonchev–Trinajstić information content (AvgIpc) is 3.11. The van der Waals surface area contributed by atoms with Crippen molar-refractivity contribution in [3.05, 3.63) is 65.0 Å². The van der Waals surface area contributed by atoms with E-state index in [1.165, 1.54) is 4.90 Å². The first-order valence-electron chi connectivity index (χ1n) is 12.1. The van der Waals surface area contributed by atoms with Crippen molar-refractivity contribution in [2.45, 2.75) is 32.7 Å². The van der Waals surface area contributed by atoms with E-state index in [2.05, 4.69) is 9.88 Å². The smallest absolute Gasteiger partial charge is 0.261 e. The van der Waals surface area contributed by atoms with Crippen LogP contribution < -0.4 is 0 Å². The average molecular weight is 465 g/mol. The number of carbonyl (C=O) groups excluding carboxylic acids is 3. The number of fused-ring (bicyclic) bond motifs is 1. The lowest BCUT2D eigenvalue weighted by Gasteiger charge is -2.28. The topological polar surface area (TPSA) is 83.1 Å². The fourth-order valence-electron chi connectivity index (χ4n) is 4.40. The maximum atomic E-state index is 13.5. The van der Waals surface area contributed by atoms with Crippen molar-refractivity contribution in [1.82, 2.24) is 19.7 Å². The van der Waals surface area contributed by atoms with Crippen molar-refractivity contribution in [3.8, 4) is 0 Å². The number of aromatic nitrogens is 1. The zero-order valence-corrected chi connectivity index (χ0v) is 19.7. The van der Waals surface area contributed by atoms with Crippen molar-refractivity contribution in [2.24, 2.45) is 0 Å². The number of nitrogens with zero attached hydrogens (tertiary/aromatic N) is 4. The summed E-state index contributed by atoms with van der Waals surface area (Å²) in [4.78, 5) is 48.6. The van der Waals surface area contributed by atoms with Gasteiger partial charge in [0.1, 0.15) is 0 Å². The second kappa shape index (κ2) is 11.4. The normalized spacial score (nSPS) is 16.1. The lowest BCUT2D eigenvalue weighted by Crippen LogP contribution is -2.39. The van der Waals surface area contributed by atoms with Gasteiger partial charge in [0, 0.05) is 57.2 Å². The lowest BCUT2D eigenvalue weighted by atomic mass is 10.0. The first-order chi connectivity index (χ1) is 16.6. The van der Waals surface area contributed by atoms with Crippen LogP contribution in [-0.2, 0) is 11.3 Å². The highest BCUT2D eigenvalue weighted by Crippen LogP contribution is 2.25. The van der Waals surface area contributed by atoms with E-state index < -0.39 is 0 Å². The van der Waals surface area contributed by atoms with E-state index >= 15 is 0 Å². The second-order valence-electron chi connectivity index (χ2n) is 8.77. The molecule has 1 saturated heterocycles. The molecule has 4 rings (SSSR count). The largest absolute Gasteiger partial charge is 0.379 e. The summed E-state index contributed by atoms with van der Waals surface area (Å²) in [6.45, 7) is 7.68. The van der Waals surface area contributed by atoms with Gasteiger partial charge in [0.05, 0.1) is 24.3 Å². The molecule has 1 aromatic carbocycles. The van der Waals surface area contributed by atoms with Gasteiger partial charge in [-0.2, -0.15) is 0 Å². The van der Waals surface area contributed by atoms with Crippen LogP contribution in [0, 0.1) is 0 Å². The van der Waals surface area contributed by atoms with E-state index in [0.29, 0.717) is 36.3 Å². The number of amides is 3. The van der Waals surface area contributed by atoms with Crippen LogP contribution in [0.5, 0.6) is 0 Å². The highest BCUT2D eigenvalue weighted by atomic mass is 16.5. The minimum Gasteiger partial charge on any atom is -0.379 e. The van der Waals surface area contributed by atoms with Gasteiger partial charge in [-0.1, -0.05) is 13.3 Å². The van der Waals surface area contributed by atoms with Gasteiger partial charge in [0.25, 0.3) is 17.7 Å². The third-order valence-electron chi connectivity index (χ3n) is 6.37. The molecule has 8 nitrogen and oxygen atoms in total. The maximum absolute atomic E-state index is 13.5. The van der Waals surface area contributed by atoms with Crippen LogP contribution in [0.15, 0.2) is 42.7 Å². The summed E-state index contributed by atoms with van der Waals surface area (Å²) < 4.78 is 5.42. The third kappa shape index (κ3) is 5.51. The summed E-state index contributed by atoms with van der Waals surface area (Å²) in [7, 11) is 0. The molecule has 3 heterocycles. The number of hydrogen-bond donors (Lipinski definition) is 0. The quantitative estimate of drug-likeness (QED) is 0.503. The summed E-state index contributed by atoms with van der Waals surface area (Å²) in [6, 6.07) is 8.67. The van der Waals surface area contributed by atoms with Crippen molar-refractivity contribution >= 4 is 17.7 Å². The Morgan fingerprint density at radius 1 is 1.00 bits per heavy atom. The number of carbonyl (C=O) groups is 3. The zero-order valence-electron chi connectivity index (χ0n) is 19.7. The van der Waals surface area contributed by atoms with Gasteiger partial charge >= 0.3 is 0 Å². The number of hydrogen-bond acceptors (Lipinski definition) is 6. The molecule has 0 radical (unpaired) electrons. The summed E-state index contributed by atoms with van der Waals surface area (Å²) >= 11 is 0. The molecule has 0 N–H and O–H groups in total. The molecule has 0 aliphatic carbocycles. The van der Waals surface area contributed by atoms with Crippen molar-refractivity contribution in [3.63, 3.8) is 0 Å². The molecule has 34 heavy (non-hydrogen) atoms.